The molecule has 0 heterocycles. The van der Waals surface area contributed by atoms with Crippen LogP contribution in [0.4, 0.5) is 4.39 Å². The Morgan fingerprint density at radius 1 is 1.42 bits per heavy atom. The van der Waals surface area contributed by atoms with Crippen molar-refractivity contribution in [1.82, 2.24) is 0 Å². The van der Waals surface area contributed by atoms with Crippen molar-refractivity contribution in [1.29, 1.82) is 0 Å². The molecule has 106 valence electrons. The molecule has 2 rings (SSSR count). The van der Waals surface area contributed by atoms with E-state index in [-0.39, 0.29) is 10.8 Å². The van der Waals surface area contributed by atoms with E-state index < -0.39 is 6.10 Å². The van der Waals surface area contributed by atoms with Gasteiger partial charge in [0.2, 0.25) is 0 Å². The van der Waals surface area contributed by atoms with E-state index in [1.54, 1.807) is 18.2 Å². The summed E-state index contributed by atoms with van der Waals surface area (Å²) in [5.74, 6) is 0.640. The number of aliphatic hydroxyl groups is 1. The van der Waals surface area contributed by atoms with Crippen molar-refractivity contribution >= 4 is 11.6 Å². The molecule has 19 heavy (non-hydrogen) atoms. The molecule has 0 amide bonds. The minimum absolute atomic E-state index is 0.139. The van der Waals surface area contributed by atoms with Crippen LogP contribution >= 0.6 is 11.6 Å². The average molecular weight is 285 g/mol. The zero-order chi connectivity index (χ0) is 13.8. The Labute approximate surface area is 119 Å². The molecular weight excluding hydrogens is 263 g/mol. The van der Waals surface area contributed by atoms with Crippen molar-refractivity contribution in [2.24, 2.45) is 11.8 Å². The molecule has 0 spiro atoms. The van der Waals surface area contributed by atoms with Gasteiger partial charge < -0.3 is 5.11 Å². The van der Waals surface area contributed by atoms with Gasteiger partial charge in [0.1, 0.15) is 5.82 Å². The van der Waals surface area contributed by atoms with E-state index in [0.29, 0.717) is 17.9 Å². The van der Waals surface area contributed by atoms with Crippen LogP contribution in [-0.4, -0.2) is 11.2 Å². The Balaban J connectivity index is 2.00. The topological polar surface area (TPSA) is 20.2 Å². The minimum Gasteiger partial charge on any atom is -0.392 e. The molecule has 1 N–H and O–H groups in total. The molecule has 1 aromatic carbocycles. The van der Waals surface area contributed by atoms with Gasteiger partial charge >= 0.3 is 0 Å². The van der Waals surface area contributed by atoms with Crippen LogP contribution in [0.25, 0.3) is 0 Å². The van der Waals surface area contributed by atoms with Crippen LogP contribution in [0.3, 0.4) is 0 Å². The van der Waals surface area contributed by atoms with Crippen molar-refractivity contribution in [3.05, 3.63) is 34.6 Å². The van der Waals surface area contributed by atoms with Gasteiger partial charge in [-0.25, -0.2) is 4.39 Å². The number of hydrogen-bond acceptors (Lipinski definition) is 1. The number of hydrogen-bond donors (Lipinski definition) is 1. The molecule has 0 radical (unpaired) electrons. The van der Waals surface area contributed by atoms with Crippen molar-refractivity contribution in [3.8, 4) is 0 Å². The smallest absolute Gasteiger partial charge is 0.145 e. The Morgan fingerprint density at radius 3 is 2.95 bits per heavy atom. The van der Waals surface area contributed by atoms with Gasteiger partial charge in [0.25, 0.3) is 0 Å². The average Bonchev–Trinajstić information content (AvgIpc) is 2.44. The lowest BCUT2D eigenvalue weighted by atomic mass is 9.76. The van der Waals surface area contributed by atoms with Crippen LogP contribution in [0.2, 0.25) is 5.02 Å². The maximum absolute atomic E-state index is 13.8. The van der Waals surface area contributed by atoms with E-state index in [1.165, 1.54) is 19.3 Å². The monoisotopic (exact) mass is 284 g/mol. The number of halogens is 2. The minimum atomic E-state index is -0.456. The van der Waals surface area contributed by atoms with Crippen LogP contribution in [0.5, 0.6) is 0 Å². The van der Waals surface area contributed by atoms with Gasteiger partial charge in [0.05, 0.1) is 11.1 Å². The molecule has 0 aliphatic heterocycles. The normalized spacial score (nSPS) is 25.3. The van der Waals surface area contributed by atoms with Gasteiger partial charge in [-0.2, -0.15) is 0 Å². The lowest BCUT2D eigenvalue weighted by molar-refractivity contribution is 0.0678. The lowest BCUT2D eigenvalue weighted by Crippen LogP contribution is -2.28. The first kappa shape index (κ1) is 14.8. The third-order valence-electron chi connectivity index (χ3n) is 4.41. The van der Waals surface area contributed by atoms with Crippen LogP contribution in [0, 0.1) is 17.7 Å². The van der Waals surface area contributed by atoms with Gasteiger partial charge in [0, 0.05) is 6.42 Å². The quantitative estimate of drug-likeness (QED) is 0.857. The van der Waals surface area contributed by atoms with Gasteiger partial charge in [-0.1, -0.05) is 49.9 Å². The van der Waals surface area contributed by atoms with Crippen LogP contribution in [-0.2, 0) is 6.42 Å². The van der Waals surface area contributed by atoms with E-state index in [1.807, 2.05) is 0 Å². The Hall–Kier alpha value is -0.600. The fourth-order valence-corrected chi connectivity index (χ4v) is 3.35. The first-order valence-corrected chi connectivity index (χ1v) is 7.60. The summed E-state index contributed by atoms with van der Waals surface area (Å²) < 4.78 is 13.8. The highest BCUT2D eigenvalue weighted by atomic mass is 35.5. The summed E-state index contributed by atoms with van der Waals surface area (Å²) in [6, 6.07) is 4.99. The van der Waals surface area contributed by atoms with Gasteiger partial charge in [-0.15, -0.1) is 0 Å². The molecule has 3 atom stereocenters. The summed E-state index contributed by atoms with van der Waals surface area (Å²) in [5, 5.41) is 10.5. The molecule has 1 aliphatic carbocycles. The molecule has 3 unspecified atom stereocenters. The molecule has 0 bridgehead atoms. The number of aliphatic hydroxyl groups excluding tert-OH is 1. The molecule has 1 saturated carbocycles. The summed E-state index contributed by atoms with van der Waals surface area (Å²) in [7, 11) is 0. The highest BCUT2D eigenvalue weighted by Crippen LogP contribution is 2.34. The van der Waals surface area contributed by atoms with Crippen molar-refractivity contribution in [2.45, 2.75) is 51.6 Å². The Bertz CT molecular complexity index is 421. The third kappa shape index (κ3) is 3.70. The summed E-state index contributed by atoms with van der Waals surface area (Å²) in [6.07, 6.45) is 5.66. The molecule has 1 nitrogen and oxygen atoms in total. The predicted octanol–water partition coefficient (Wildman–Crippen LogP) is 4.60. The molecular formula is C16H22ClFO. The highest BCUT2D eigenvalue weighted by molar-refractivity contribution is 6.30. The van der Waals surface area contributed by atoms with E-state index in [9.17, 15) is 9.50 Å². The van der Waals surface area contributed by atoms with Crippen molar-refractivity contribution < 1.29 is 9.50 Å². The summed E-state index contributed by atoms with van der Waals surface area (Å²) in [6.45, 7) is 2.20. The second kappa shape index (κ2) is 6.71. The zero-order valence-corrected chi connectivity index (χ0v) is 12.2. The van der Waals surface area contributed by atoms with Gasteiger partial charge in [0.15, 0.2) is 0 Å². The number of rotatable bonds is 4. The summed E-state index contributed by atoms with van der Waals surface area (Å²) >= 11 is 5.77. The Kier molecular flexibility index (Phi) is 5.23. The maximum Gasteiger partial charge on any atom is 0.145 e. The largest absolute Gasteiger partial charge is 0.392 e. The van der Waals surface area contributed by atoms with Crippen molar-refractivity contribution in [3.63, 3.8) is 0 Å². The predicted molar refractivity (Wildman–Crippen MR) is 76.9 cm³/mol. The zero-order valence-electron chi connectivity index (χ0n) is 11.4. The Morgan fingerprint density at radius 2 is 2.21 bits per heavy atom. The standard InChI is InChI=1S/C16H22ClFO/c1-2-11-5-3-6-12(9-11)15(19)10-13-7-4-8-14(17)16(13)18/h4,7-8,11-12,15,19H,2-3,5-6,9-10H2,1H3. The first-order chi connectivity index (χ1) is 9.11. The molecule has 3 heteroatoms. The van der Waals surface area contributed by atoms with Crippen molar-refractivity contribution in [2.75, 3.05) is 0 Å². The van der Waals surface area contributed by atoms with E-state index in [0.717, 1.165) is 18.8 Å². The fraction of sp³-hybridized carbons (Fsp3) is 0.625. The second-order valence-electron chi connectivity index (χ2n) is 5.69. The van der Waals surface area contributed by atoms with E-state index in [2.05, 4.69) is 6.92 Å². The SMILES string of the molecule is CCC1CCCC(C(O)Cc2cccc(Cl)c2F)C1. The summed E-state index contributed by atoms with van der Waals surface area (Å²) in [5.41, 5.74) is 0.527. The van der Waals surface area contributed by atoms with Crippen LogP contribution < -0.4 is 0 Å². The molecule has 1 aliphatic rings. The molecule has 1 fully saturated rings. The van der Waals surface area contributed by atoms with E-state index >= 15 is 0 Å². The lowest BCUT2D eigenvalue weighted by Gasteiger charge is -2.31. The maximum atomic E-state index is 13.8. The molecule has 0 aromatic heterocycles. The van der Waals surface area contributed by atoms with Gasteiger partial charge in [-0.3, -0.25) is 0 Å². The molecule has 1 aromatic rings. The van der Waals surface area contributed by atoms with E-state index in [4.69, 9.17) is 11.6 Å². The van der Waals surface area contributed by atoms with Gasteiger partial charge in [-0.05, 0) is 36.3 Å². The molecule has 0 saturated heterocycles. The third-order valence-corrected chi connectivity index (χ3v) is 4.70. The second-order valence-corrected chi connectivity index (χ2v) is 6.09. The number of benzene rings is 1. The van der Waals surface area contributed by atoms with Crippen LogP contribution in [0.1, 0.15) is 44.6 Å². The summed E-state index contributed by atoms with van der Waals surface area (Å²) in [4.78, 5) is 0. The van der Waals surface area contributed by atoms with Crippen LogP contribution in [0.15, 0.2) is 18.2 Å². The highest BCUT2D eigenvalue weighted by Gasteiger charge is 2.27. The first-order valence-electron chi connectivity index (χ1n) is 7.22. The fourth-order valence-electron chi connectivity index (χ4n) is 3.15.